The summed E-state index contributed by atoms with van der Waals surface area (Å²) in [6.45, 7) is 0. The Kier molecular flexibility index (Phi) is 1.69. The molecule has 3 nitrogen and oxygen atoms in total. The lowest BCUT2D eigenvalue weighted by atomic mass is 10.3. The van der Waals surface area contributed by atoms with E-state index in [4.69, 9.17) is 5.73 Å². The molecule has 0 aliphatic rings. The number of hydrogen-bond donors (Lipinski definition) is 1. The van der Waals surface area contributed by atoms with E-state index in [9.17, 15) is 0 Å². The third kappa shape index (κ3) is 1.43. The molecule has 0 bridgehead atoms. The topological polar surface area (TPSA) is 51.8 Å². The van der Waals surface area contributed by atoms with E-state index in [0.717, 1.165) is 0 Å². The maximum Gasteiger partial charge on any atom is 0.115 e. The van der Waals surface area contributed by atoms with Crippen LogP contribution in [0, 0.1) is 0 Å². The lowest BCUT2D eigenvalue weighted by molar-refractivity contribution is 1.16. The van der Waals surface area contributed by atoms with Gasteiger partial charge in [0.15, 0.2) is 0 Å². The molecule has 4 heteroatoms. The SMILES string of the molecule is NC(=S)c1cncnc1. The number of nitrogens with two attached hydrogens (primary N) is 1. The second kappa shape index (κ2) is 2.50. The monoisotopic (exact) mass is 139 g/mol. The molecule has 0 saturated carbocycles. The van der Waals surface area contributed by atoms with E-state index in [2.05, 4.69) is 22.2 Å². The summed E-state index contributed by atoms with van der Waals surface area (Å²) in [6.07, 6.45) is 4.59. The van der Waals surface area contributed by atoms with Crippen molar-refractivity contribution in [3.8, 4) is 0 Å². The highest BCUT2D eigenvalue weighted by molar-refractivity contribution is 7.80. The van der Waals surface area contributed by atoms with Gasteiger partial charge in [-0.1, -0.05) is 12.2 Å². The summed E-state index contributed by atoms with van der Waals surface area (Å²) in [5.74, 6) is 0. The van der Waals surface area contributed by atoms with Crippen molar-refractivity contribution in [1.82, 2.24) is 9.97 Å². The molecule has 0 aliphatic carbocycles. The van der Waals surface area contributed by atoms with Crippen molar-refractivity contribution in [1.29, 1.82) is 0 Å². The summed E-state index contributed by atoms with van der Waals surface area (Å²) in [7, 11) is 0. The fourth-order valence-corrected chi connectivity index (χ4v) is 0.532. The first-order valence-corrected chi connectivity index (χ1v) is 2.76. The maximum absolute atomic E-state index is 5.27. The van der Waals surface area contributed by atoms with Gasteiger partial charge in [0.1, 0.15) is 11.3 Å². The van der Waals surface area contributed by atoms with Crippen LogP contribution in [0.4, 0.5) is 0 Å². The molecule has 0 unspecified atom stereocenters. The molecule has 1 aromatic heterocycles. The van der Waals surface area contributed by atoms with Crippen LogP contribution in [-0.2, 0) is 0 Å². The average molecular weight is 139 g/mol. The van der Waals surface area contributed by atoms with Gasteiger partial charge < -0.3 is 5.73 Å². The molecule has 0 saturated heterocycles. The van der Waals surface area contributed by atoms with Crippen molar-refractivity contribution >= 4 is 17.2 Å². The van der Waals surface area contributed by atoms with Gasteiger partial charge in [-0.3, -0.25) is 0 Å². The van der Waals surface area contributed by atoms with Crippen molar-refractivity contribution in [2.45, 2.75) is 0 Å². The van der Waals surface area contributed by atoms with Crippen LogP contribution < -0.4 is 5.73 Å². The number of nitrogens with zero attached hydrogens (tertiary/aromatic N) is 2. The lowest BCUT2D eigenvalue weighted by Gasteiger charge is -1.91. The van der Waals surface area contributed by atoms with Crippen molar-refractivity contribution in [2.24, 2.45) is 5.73 Å². The van der Waals surface area contributed by atoms with E-state index < -0.39 is 0 Å². The third-order valence-electron chi connectivity index (χ3n) is 0.845. The van der Waals surface area contributed by atoms with Crippen LogP contribution in [0.2, 0.25) is 0 Å². The van der Waals surface area contributed by atoms with E-state index >= 15 is 0 Å². The highest BCUT2D eigenvalue weighted by Crippen LogP contribution is 1.89. The van der Waals surface area contributed by atoms with Gasteiger partial charge in [0.05, 0.1) is 0 Å². The summed E-state index contributed by atoms with van der Waals surface area (Å²) < 4.78 is 0. The van der Waals surface area contributed by atoms with Crippen LogP contribution in [0.1, 0.15) is 5.56 Å². The number of aromatic nitrogens is 2. The highest BCUT2D eigenvalue weighted by Gasteiger charge is 1.91. The summed E-state index contributed by atoms with van der Waals surface area (Å²) in [6, 6.07) is 0. The molecule has 0 fully saturated rings. The Bertz CT molecular complexity index is 209. The number of rotatable bonds is 1. The van der Waals surface area contributed by atoms with Gasteiger partial charge in [-0.2, -0.15) is 0 Å². The highest BCUT2D eigenvalue weighted by atomic mass is 32.1. The summed E-state index contributed by atoms with van der Waals surface area (Å²) in [4.78, 5) is 7.78. The minimum atomic E-state index is 0.329. The second-order valence-corrected chi connectivity index (χ2v) is 1.93. The molecule has 1 rings (SSSR count). The first-order valence-electron chi connectivity index (χ1n) is 2.35. The van der Waals surface area contributed by atoms with E-state index in [1.807, 2.05) is 0 Å². The van der Waals surface area contributed by atoms with Gasteiger partial charge in [-0.25, -0.2) is 9.97 Å². The molecule has 46 valence electrons. The lowest BCUT2D eigenvalue weighted by Crippen LogP contribution is -2.09. The van der Waals surface area contributed by atoms with Crippen molar-refractivity contribution in [2.75, 3.05) is 0 Å². The molecule has 1 heterocycles. The van der Waals surface area contributed by atoms with E-state index in [1.54, 1.807) is 12.4 Å². The molecular formula is C5H5N3S. The molecule has 0 aromatic carbocycles. The predicted octanol–water partition coefficient (Wildman–Crippen LogP) is 0.111. The predicted molar refractivity (Wildman–Crippen MR) is 37.9 cm³/mol. The Morgan fingerprint density at radius 2 is 2.00 bits per heavy atom. The molecule has 0 radical (unpaired) electrons. The van der Waals surface area contributed by atoms with Crippen LogP contribution in [-0.4, -0.2) is 15.0 Å². The summed E-state index contributed by atoms with van der Waals surface area (Å²) >= 11 is 4.66. The van der Waals surface area contributed by atoms with Gasteiger partial charge in [0, 0.05) is 18.0 Å². The van der Waals surface area contributed by atoms with Crippen LogP contribution >= 0.6 is 12.2 Å². The largest absolute Gasteiger partial charge is 0.389 e. The second-order valence-electron chi connectivity index (χ2n) is 1.49. The summed E-state index contributed by atoms with van der Waals surface area (Å²) in [5, 5.41) is 0. The van der Waals surface area contributed by atoms with Gasteiger partial charge in [0.25, 0.3) is 0 Å². The van der Waals surface area contributed by atoms with Gasteiger partial charge in [0.2, 0.25) is 0 Å². The zero-order chi connectivity index (χ0) is 6.69. The van der Waals surface area contributed by atoms with Crippen molar-refractivity contribution < 1.29 is 0 Å². The Morgan fingerprint density at radius 3 is 2.33 bits per heavy atom. The molecule has 2 N–H and O–H groups in total. The minimum Gasteiger partial charge on any atom is -0.389 e. The quantitative estimate of drug-likeness (QED) is 0.561. The number of thiocarbonyl (C=S) groups is 1. The smallest absolute Gasteiger partial charge is 0.115 e. The zero-order valence-electron chi connectivity index (χ0n) is 4.61. The van der Waals surface area contributed by atoms with Crippen LogP contribution in [0.25, 0.3) is 0 Å². The fraction of sp³-hybridized carbons (Fsp3) is 0. The molecule has 1 aromatic rings. The minimum absolute atomic E-state index is 0.329. The molecule has 0 aliphatic heterocycles. The molecule has 0 atom stereocenters. The molecule has 0 amide bonds. The molecule has 0 spiro atoms. The first-order chi connectivity index (χ1) is 4.30. The van der Waals surface area contributed by atoms with E-state index in [0.29, 0.717) is 10.6 Å². The van der Waals surface area contributed by atoms with Gasteiger partial charge in [-0.05, 0) is 0 Å². The molecular weight excluding hydrogens is 134 g/mol. The third-order valence-corrected chi connectivity index (χ3v) is 1.08. The Balaban J connectivity index is 2.98. The van der Waals surface area contributed by atoms with Crippen LogP contribution in [0.3, 0.4) is 0 Å². The van der Waals surface area contributed by atoms with Crippen LogP contribution in [0.15, 0.2) is 18.7 Å². The average Bonchev–Trinajstić information content (AvgIpc) is 1.90. The maximum atomic E-state index is 5.27. The number of hydrogen-bond acceptors (Lipinski definition) is 3. The molecule has 9 heavy (non-hydrogen) atoms. The Labute approximate surface area is 57.9 Å². The van der Waals surface area contributed by atoms with Gasteiger partial charge >= 0.3 is 0 Å². The fourth-order valence-electron chi connectivity index (χ4n) is 0.426. The Hall–Kier alpha value is -1.03. The Morgan fingerprint density at radius 1 is 1.44 bits per heavy atom. The van der Waals surface area contributed by atoms with E-state index in [1.165, 1.54) is 6.33 Å². The van der Waals surface area contributed by atoms with Crippen molar-refractivity contribution in [3.05, 3.63) is 24.3 Å². The standard InChI is InChI=1S/C5H5N3S/c6-5(9)4-1-7-3-8-2-4/h1-3H,(H2,6,9). The van der Waals surface area contributed by atoms with Crippen molar-refractivity contribution in [3.63, 3.8) is 0 Å². The zero-order valence-corrected chi connectivity index (χ0v) is 5.43. The first kappa shape index (κ1) is 6.10. The van der Waals surface area contributed by atoms with E-state index in [-0.39, 0.29) is 0 Å². The van der Waals surface area contributed by atoms with Gasteiger partial charge in [-0.15, -0.1) is 0 Å². The normalized spacial score (nSPS) is 8.89. The summed E-state index contributed by atoms with van der Waals surface area (Å²) in [5.41, 5.74) is 5.97. The van der Waals surface area contributed by atoms with Crippen LogP contribution in [0.5, 0.6) is 0 Å².